The number of nitrogens with zero attached hydrogens (tertiary/aromatic N) is 1. The summed E-state index contributed by atoms with van der Waals surface area (Å²) < 4.78 is 37.0. The number of carbonyl (C=O) groups excluding carboxylic acids is 1. The van der Waals surface area contributed by atoms with Gasteiger partial charge in [-0.3, -0.25) is 9.59 Å². The first kappa shape index (κ1) is 11.9. The van der Waals surface area contributed by atoms with Gasteiger partial charge in [-0.15, -0.1) is 0 Å². The molecular formula is C10H10F3NO3. The molecule has 0 aromatic carbocycles. The minimum Gasteiger partial charge on any atom is -0.481 e. The number of fused-ring (bicyclic) bond motifs is 2. The van der Waals surface area contributed by atoms with Crippen LogP contribution >= 0.6 is 0 Å². The fourth-order valence-corrected chi connectivity index (χ4v) is 2.41. The number of amides is 1. The van der Waals surface area contributed by atoms with E-state index >= 15 is 0 Å². The average Bonchev–Trinajstić information content (AvgIpc) is 2.27. The highest BCUT2D eigenvalue weighted by Crippen LogP contribution is 2.36. The number of aliphatic carboxylic acids is 1. The van der Waals surface area contributed by atoms with Gasteiger partial charge in [0.25, 0.3) is 0 Å². The minimum absolute atomic E-state index is 0.0523. The second-order valence-corrected chi connectivity index (χ2v) is 4.27. The van der Waals surface area contributed by atoms with E-state index in [-0.39, 0.29) is 18.9 Å². The van der Waals surface area contributed by atoms with Crippen LogP contribution in [0, 0.1) is 11.8 Å². The van der Waals surface area contributed by atoms with E-state index in [2.05, 4.69) is 0 Å². The fraction of sp³-hybridized carbons (Fsp3) is 0.600. The molecule has 3 rings (SSSR count). The summed E-state index contributed by atoms with van der Waals surface area (Å²) in [4.78, 5) is 22.7. The van der Waals surface area contributed by atoms with E-state index in [9.17, 15) is 22.8 Å². The summed E-state index contributed by atoms with van der Waals surface area (Å²) in [5.41, 5.74) is 0. The second-order valence-electron chi connectivity index (χ2n) is 4.27. The molecule has 3 unspecified atom stereocenters. The molecule has 4 nitrogen and oxygen atoms in total. The third-order valence-corrected chi connectivity index (χ3v) is 3.16. The van der Waals surface area contributed by atoms with Gasteiger partial charge in [-0.25, -0.2) is 0 Å². The number of carboxylic acid groups (broad SMARTS) is 1. The van der Waals surface area contributed by atoms with E-state index < -0.39 is 30.0 Å². The van der Waals surface area contributed by atoms with Crippen molar-refractivity contribution < 1.29 is 27.9 Å². The van der Waals surface area contributed by atoms with Gasteiger partial charge in [-0.2, -0.15) is 13.2 Å². The molecule has 3 atom stereocenters. The molecule has 1 aliphatic carbocycles. The number of carboxylic acids is 1. The van der Waals surface area contributed by atoms with Crippen LogP contribution in [0.15, 0.2) is 12.2 Å². The lowest BCUT2D eigenvalue weighted by Crippen LogP contribution is -2.57. The van der Waals surface area contributed by atoms with Gasteiger partial charge in [-0.05, 0) is 12.3 Å². The number of hydrogen-bond donors (Lipinski definition) is 1. The Morgan fingerprint density at radius 3 is 2.41 bits per heavy atom. The summed E-state index contributed by atoms with van der Waals surface area (Å²) in [5, 5.41) is 8.91. The van der Waals surface area contributed by atoms with Gasteiger partial charge < -0.3 is 10.0 Å². The number of piperidine rings is 1. The maximum atomic E-state index is 12.3. The highest BCUT2D eigenvalue weighted by molar-refractivity contribution is 5.84. The number of halogens is 3. The van der Waals surface area contributed by atoms with Crippen LogP contribution in [-0.4, -0.2) is 40.6 Å². The Morgan fingerprint density at radius 2 is 1.94 bits per heavy atom. The molecule has 17 heavy (non-hydrogen) atoms. The Balaban J connectivity index is 2.25. The number of hydrogen-bond acceptors (Lipinski definition) is 2. The van der Waals surface area contributed by atoms with Crippen molar-refractivity contribution in [3.8, 4) is 0 Å². The Labute approximate surface area is 94.7 Å². The van der Waals surface area contributed by atoms with Crippen LogP contribution in [-0.2, 0) is 9.59 Å². The van der Waals surface area contributed by atoms with Crippen molar-refractivity contribution in [1.29, 1.82) is 0 Å². The van der Waals surface area contributed by atoms with E-state index in [4.69, 9.17) is 5.11 Å². The highest BCUT2D eigenvalue weighted by atomic mass is 19.4. The average molecular weight is 249 g/mol. The maximum absolute atomic E-state index is 12.3. The fourth-order valence-electron chi connectivity index (χ4n) is 2.41. The van der Waals surface area contributed by atoms with Crippen molar-refractivity contribution in [2.75, 3.05) is 6.54 Å². The Hall–Kier alpha value is -1.53. The summed E-state index contributed by atoms with van der Waals surface area (Å²) in [6.45, 7) is -0.0523. The molecule has 2 bridgehead atoms. The number of carbonyl (C=O) groups is 2. The molecular weight excluding hydrogens is 239 g/mol. The molecule has 2 aliphatic heterocycles. The predicted molar refractivity (Wildman–Crippen MR) is 49.9 cm³/mol. The van der Waals surface area contributed by atoms with Crippen LogP contribution in [0.4, 0.5) is 13.2 Å². The van der Waals surface area contributed by atoms with E-state index in [1.807, 2.05) is 0 Å². The first-order valence-electron chi connectivity index (χ1n) is 5.09. The number of alkyl halides is 3. The smallest absolute Gasteiger partial charge is 0.471 e. The summed E-state index contributed by atoms with van der Waals surface area (Å²) in [7, 11) is 0. The third-order valence-electron chi connectivity index (χ3n) is 3.16. The molecule has 0 spiro atoms. The molecule has 1 N–H and O–H groups in total. The predicted octanol–water partition coefficient (Wildman–Crippen LogP) is 1.04. The van der Waals surface area contributed by atoms with Gasteiger partial charge in [0, 0.05) is 6.54 Å². The maximum Gasteiger partial charge on any atom is 0.471 e. The molecule has 0 aromatic rings. The normalized spacial score (nSPS) is 31.7. The first-order valence-corrected chi connectivity index (χ1v) is 5.09. The van der Waals surface area contributed by atoms with E-state index in [0.29, 0.717) is 4.90 Å². The molecule has 0 radical (unpaired) electrons. The van der Waals surface area contributed by atoms with Crippen LogP contribution in [0.1, 0.15) is 6.42 Å². The Bertz CT molecular complexity index is 391. The van der Waals surface area contributed by atoms with Gasteiger partial charge >= 0.3 is 18.1 Å². The molecule has 1 saturated heterocycles. The quantitative estimate of drug-likeness (QED) is 0.706. The lowest BCUT2D eigenvalue weighted by atomic mass is 9.77. The van der Waals surface area contributed by atoms with Crippen molar-refractivity contribution in [3.63, 3.8) is 0 Å². The van der Waals surface area contributed by atoms with E-state index in [0.717, 1.165) is 0 Å². The van der Waals surface area contributed by atoms with Crippen LogP contribution < -0.4 is 0 Å². The van der Waals surface area contributed by atoms with Crippen molar-refractivity contribution >= 4 is 11.9 Å². The van der Waals surface area contributed by atoms with Crippen LogP contribution in [0.2, 0.25) is 0 Å². The Kier molecular flexibility index (Phi) is 2.63. The summed E-state index contributed by atoms with van der Waals surface area (Å²) in [6.07, 6.45) is -1.59. The SMILES string of the molecule is O=C(O)C1CC2C=CC1N(C(=O)C(F)(F)F)C2. The van der Waals surface area contributed by atoms with E-state index in [1.54, 1.807) is 6.08 Å². The van der Waals surface area contributed by atoms with Crippen molar-refractivity contribution in [2.45, 2.75) is 18.6 Å². The Morgan fingerprint density at radius 1 is 1.29 bits per heavy atom. The van der Waals surface area contributed by atoms with Gasteiger partial charge in [0.2, 0.25) is 0 Å². The van der Waals surface area contributed by atoms with Crippen LogP contribution in [0.25, 0.3) is 0 Å². The molecule has 7 heteroatoms. The molecule has 0 aromatic heterocycles. The van der Waals surface area contributed by atoms with Gasteiger partial charge in [0.1, 0.15) is 0 Å². The summed E-state index contributed by atoms with van der Waals surface area (Å²) in [6, 6.07) is -0.980. The molecule has 3 aliphatic rings. The number of rotatable bonds is 1. The molecule has 2 heterocycles. The van der Waals surface area contributed by atoms with Crippen molar-refractivity contribution in [1.82, 2.24) is 4.90 Å². The van der Waals surface area contributed by atoms with E-state index in [1.165, 1.54) is 6.08 Å². The lowest BCUT2D eigenvalue weighted by molar-refractivity contribution is -0.191. The van der Waals surface area contributed by atoms with Gasteiger partial charge in [-0.1, -0.05) is 12.2 Å². The monoisotopic (exact) mass is 249 g/mol. The van der Waals surface area contributed by atoms with Gasteiger partial charge in [0.15, 0.2) is 0 Å². The van der Waals surface area contributed by atoms with Crippen LogP contribution in [0.3, 0.4) is 0 Å². The second kappa shape index (κ2) is 3.75. The molecule has 0 saturated carbocycles. The zero-order chi connectivity index (χ0) is 12.8. The van der Waals surface area contributed by atoms with Crippen LogP contribution in [0.5, 0.6) is 0 Å². The van der Waals surface area contributed by atoms with Gasteiger partial charge in [0.05, 0.1) is 12.0 Å². The standard InChI is InChI=1S/C10H10F3NO3/c11-10(12,13)9(17)14-4-5-1-2-7(14)6(3-5)8(15)16/h1-2,5-7H,3-4H2,(H,15,16). The zero-order valence-corrected chi connectivity index (χ0v) is 8.65. The summed E-state index contributed by atoms with van der Waals surface area (Å²) >= 11 is 0. The van der Waals surface area contributed by atoms with Crippen molar-refractivity contribution in [3.05, 3.63) is 12.2 Å². The zero-order valence-electron chi connectivity index (χ0n) is 8.65. The first-order chi connectivity index (χ1) is 7.80. The largest absolute Gasteiger partial charge is 0.481 e. The molecule has 1 amide bonds. The summed E-state index contributed by atoms with van der Waals surface area (Å²) in [5.74, 6) is -4.36. The highest BCUT2D eigenvalue weighted by Gasteiger charge is 2.50. The molecule has 1 fully saturated rings. The lowest BCUT2D eigenvalue weighted by Gasteiger charge is -2.44. The minimum atomic E-state index is -4.95. The molecule has 94 valence electrons. The van der Waals surface area contributed by atoms with Crippen molar-refractivity contribution in [2.24, 2.45) is 11.8 Å². The topological polar surface area (TPSA) is 57.6 Å². The third kappa shape index (κ3) is 2.01.